The van der Waals surface area contributed by atoms with Gasteiger partial charge in [-0.15, -0.1) is 11.6 Å². The van der Waals surface area contributed by atoms with Crippen molar-refractivity contribution in [2.75, 3.05) is 7.11 Å². The molecule has 0 heterocycles. The highest BCUT2D eigenvalue weighted by atomic mass is 35.5. The fourth-order valence-electron chi connectivity index (χ4n) is 3.39. The Morgan fingerprint density at radius 1 is 1.35 bits per heavy atom. The van der Waals surface area contributed by atoms with Gasteiger partial charge in [-0.25, -0.2) is 4.39 Å². The van der Waals surface area contributed by atoms with E-state index in [1.807, 2.05) is 6.07 Å². The molecule has 0 spiro atoms. The van der Waals surface area contributed by atoms with Crippen LogP contribution >= 0.6 is 11.6 Å². The fraction of sp³-hybridized carbons (Fsp3) is 0.571. The first-order chi connectivity index (χ1) is 8.22. The van der Waals surface area contributed by atoms with Gasteiger partial charge in [-0.1, -0.05) is 12.5 Å². The van der Waals surface area contributed by atoms with E-state index in [2.05, 4.69) is 0 Å². The van der Waals surface area contributed by atoms with Gasteiger partial charge in [0.2, 0.25) is 0 Å². The highest BCUT2D eigenvalue weighted by Gasteiger charge is 2.55. The Morgan fingerprint density at radius 2 is 2.06 bits per heavy atom. The Hall–Kier alpha value is -0.760. The van der Waals surface area contributed by atoms with Crippen LogP contribution in [0.25, 0.3) is 0 Å². The molecule has 3 heteroatoms. The molecular formula is C14H16ClFO. The molecule has 92 valence electrons. The third-order valence-electron chi connectivity index (χ3n) is 4.30. The number of ether oxygens (including phenoxy) is 1. The number of halogens is 2. The van der Waals surface area contributed by atoms with Crippen LogP contribution in [0.1, 0.15) is 30.2 Å². The Kier molecular flexibility index (Phi) is 2.78. The maximum atomic E-state index is 13.6. The highest BCUT2D eigenvalue weighted by Crippen LogP contribution is 2.63. The molecule has 1 aromatic rings. The van der Waals surface area contributed by atoms with Crippen LogP contribution in [0, 0.1) is 23.6 Å². The molecule has 0 bridgehead atoms. The second-order valence-electron chi connectivity index (χ2n) is 5.13. The number of hydrogen-bond acceptors (Lipinski definition) is 1. The van der Waals surface area contributed by atoms with Crippen LogP contribution < -0.4 is 4.74 Å². The summed E-state index contributed by atoms with van der Waals surface area (Å²) in [6.07, 6.45) is 3.95. The van der Waals surface area contributed by atoms with Crippen LogP contribution in [-0.4, -0.2) is 7.11 Å². The molecule has 3 atom stereocenters. The van der Waals surface area contributed by atoms with Crippen molar-refractivity contribution in [1.29, 1.82) is 0 Å². The minimum absolute atomic E-state index is 0.0364. The van der Waals surface area contributed by atoms with Gasteiger partial charge in [-0.2, -0.15) is 0 Å². The lowest BCUT2D eigenvalue weighted by atomic mass is 10.0. The van der Waals surface area contributed by atoms with Crippen molar-refractivity contribution in [3.05, 3.63) is 29.6 Å². The van der Waals surface area contributed by atoms with Crippen molar-refractivity contribution >= 4 is 11.6 Å². The summed E-state index contributed by atoms with van der Waals surface area (Å²) in [7, 11) is 1.47. The van der Waals surface area contributed by atoms with E-state index in [-0.39, 0.29) is 16.9 Å². The predicted molar refractivity (Wildman–Crippen MR) is 65.9 cm³/mol. The lowest BCUT2D eigenvalue weighted by Crippen LogP contribution is -2.00. The zero-order chi connectivity index (χ0) is 12.0. The molecule has 0 amide bonds. The zero-order valence-electron chi connectivity index (χ0n) is 9.83. The topological polar surface area (TPSA) is 9.23 Å². The lowest BCUT2D eigenvalue weighted by molar-refractivity contribution is 0.386. The van der Waals surface area contributed by atoms with Gasteiger partial charge in [-0.05, 0) is 48.3 Å². The van der Waals surface area contributed by atoms with Gasteiger partial charge >= 0.3 is 0 Å². The summed E-state index contributed by atoms with van der Waals surface area (Å²) in [5.74, 6) is 2.12. The number of fused-ring (bicyclic) bond motifs is 1. The number of benzene rings is 1. The molecule has 3 rings (SSSR count). The quantitative estimate of drug-likeness (QED) is 0.736. The molecule has 0 aliphatic heterocycles. The molecule has 2 fully saturated rings. The van der Waals surface area contributed by atoms with Crippen molar-refractivity contribution in [3.8, 4) is 5.75 Å². The first-order valence-electron chi connectivity index (χ1n) is 6.20. The fourth-order valence-corrected chi connectivity index (χ4v) is 3.90. The van der Waals surface area contributed by atoms with Gasteiger partial charge in [0.05, 0.1) is 12.5 Å². The summed E-state index contributed by atoms with van der Waals surface area (Å²) < 4.78 is 18.5. The average molecular weight is 255 g/mol. The van der Waals surface area contributed by atoms with Gasteiger partial charge in [0.15, 0.2) is 11.6 Å². The second kappa shape index (κ2) is 4.16. The first-order valence-corrected chi connectivity index (χ1v) is 6.63. The molecule has 0 saturated heterocycles. The summed E-state index contributed by atoms with van der Waals surface area (Å²) >= 11 is 6.47. The first kappa shape index (κ1) is 11.3. The standard InChI is InChI=1S/C14H16ClFO/c1-17-12-6-5-8(7-11(12)16)14(15)13-9-3-2-4-10(9)13/h5-7,9-10,13-14H,2-4H2,1H3. The Labute approximate surface area is 106 Å². The third-order valence-corrected chi connectivity index (χ3v) is 4.85. The maximum Gasteiger partial charge on any atom is 0.165 e. The van der Waals surface area contributed by atoms with Crippen LogP contribution in [0.15, 0.2) is 18.2 Å². The molecule has 17 heavy (non-hydrogen) atoms. The SMILES string of the molecule is COc1ccc(C(Cl)C2C3CCCC32)cc1F. The van der Waals surface area contributed by atoms with E-state index in [1.54, 1.807) is 6.07 Å². The van der Waals surface area contributed by atoms with Crippen molar-refractivity contribution in [3.63, 3.8) is 0 Å². The number of rotatable bonds is 3. The molecule has 2 aliphatic rings. The minimum Gasteiger partial charge on any atom is -0.494 e. The van der Waals surface area contributed by atoms with Crippen LogP contribution in [0.4, 0.5) is 4.39 Å². The molecule has 1 nitrogen and oxygen atoms in total. The molecule has 0 N–H and O–H groups in total. The van der Waals surface area contributed by atoms with Crippen LogP contribution in [0.5, 0.6) is 5.75 Å². The van der Waals surface area contributed by atoms with Gasteiger partial charge < -0.3 is 4.74 Å². The van der Waals surface area contributed by atoms with Crippen LogP contribution in [0.2, 0.25) is 0 Å². The van der Waals surface area contributed by atoms with Gasteiger partial charge in [0, 0.05) is 0 Å². The summed E-state index contributed by atoms with van der Waals surface area (Å²) in [5.41, 5.74) is 0.893. The van der Waals surface area contributed by atoms with E-state index in [0.717, 1.165) is 17.4 Å². The van der Waals surface area contributed by atoms with E-state index >= 15 is 0 Å². The Morgan fingerprint density at radius 3 is 2.65 bits per heavy atom. The summed E-state index contributed by atoms with van der Waals surface area (Å²) in [5, 5.41) is -0.0364. The third kappa shape index (κ3) is 1.83. The maximum absolute atomic E-state index is 13.6. The van der Waals surface area contributed by atoms with Crippen molar-refractivity contribution in [2.45, 2.75) is 24.6 Å². The zero-order valence-corrected chi connectivity index (χ0v) is 10.6. The molecule has 3 unspecified atom stereocenters. The number of alkyl halides is 1. The van der Waals surface area contributed by atoms with Gasteiger partial charge in [0.25, 0.3) is 0 Å². The van der Waals surface area contributed by atoms with E-state index in [4.69, 9.17) is 16.3 Å². The predicted octanol–water partition coefficient (Wildman–Crippen LogP) is 4.16. The van der Waals surface area contributed by atoms with Gasteiger partial charge in [0.1, 0.15) is 0 Å². The summed E-state index contributed by atoms with van der Waals surface area (Å²) in [6, 6.07) is 5.07. The van der Waals surface area contributed by atoms with E-state index < -0.39 is 0 Å². The van der Waals surface area contributed by atoms with E-state index in [1.165, 1.54) is 32.4 Å². The molecular weight excluding hydrogens is 239 g/mol. The summed E-state index contributed by atoms with van der Waals surface area (Å²) in [6.45, 7) is 0. The molecule has 1 aromatic carbocycles. The van der Waals surface area contributed by atoms with Crippen LogP contribution in [-0.2, 0) is 0 Å². The molecule has 2 saturated carbocycles. The largest absolute Gasteiger partial charge is 0.494 e. The number of methoxy groups -OCH3 is 1. The monoisotopic (exact) mass is 254 g/mol. The van der Waals surface area contributed by atoms with Gasteiger partial charge in [-0.3, -0.25) is 0 Å². The molecule has 2 aliphatic carbocycles. The minimum atomic E-state index is -0.318. The summed E-state index contributed by atoms with van der Waals surface area (Å²) in [4.78, 5) is 0. The second-order valence-corrected chi connectivity index (χ2v) is 5.60. The van der Waals surface area contributed by atoms with Crippen molar-refractivity contribution in [2.24, 2.45) is 17.8 Å². The van der Waals surface area contributed by atoms with E-state index in [9.17, 15) is 4.39 Å². The Balaban J connectivity index is 1.78. The van der Waals surface area contributed by atoms with Crippen molar-refractivity contribution < 1.29 is 9.13 Å². The number of hydrogen-bond donors (Lipinski definition) is 0. The molecule has 0 radical (unpaired) electrons. The van der Waals surface area contributed by atoms with Crippen molar-refractivity contribution in [1.82, 2.24) is 0 Å². The highest BCUT2D eigenvalue weighted by molar-refractivity contribution is 6.21. The Bertz CT molecular complexity index is 424. The average Bonchev–Trinajstić information content (AvgIpc) is 2.81. The normalized spacial score (nSPS) is 32.1. The lowest BCUT2D eigenvalue weighted by Gasteiger charge is -2.13. The van der Waals surface area contributed by atoms with Crippen LogP contribution in [0.3, 0.4) is 0 Å². The smallest absolute Gasteiger partial charge is 0.165 e. The van der Waals surface area contributed by atoms with E-state index in [0.29, 0.717) is 5.92 Å². The molecule has 0 aromatic heterocycles.